The lowest BCUT2D eigenvalue weighted by atomic mass is 9.43. The summed E-state index contributed by atoms with van der Waals surface area (Å²) in [5, 5.41) is 19.2. The third kappa shape index (κ3) is 4.53. The van der Waals surface area contributed by atoms with E-state index >= 15 is 0 Å². The first-order chi connectivity index (χ1) is 19.2. The predicted octanol–water partition coefficient (Wildman–Crippen LogP) is 3.97. The van der Waals surface area contributed by atoms with Crippen molar-refractivity contribution in [2.24, 2.45) is 34.3 Å². The molecule has 5 fully saturated rings. The highest BCUT2D eigenvalue weighted by molar-refractivity contribution is 5.75. The first-order valence-corrected chi connectivity index (χ1v) is 16.0. The average molecular weight is 555 g/mol. The van der Waals surface area contributed by atoms with Gasteiger partial charge in [0.05, 0.1) is 11.9 Å². The van der Waals surface area contributed by atoms with E-state index < -0.39 is 5.60 Å². The Hall–Kier alpha value is -1.90. The molecule has 2 heterocycles. The number of fused-ring (bicyclic) bond motifs is 5. The van der Waals surface area contributed by atoms with Crippen LogP contribution in [0.4, 0.5) is 4.79 Å². The Morgan fingerprint density at radius 1 is 1.12 bits per heavy atom. The minimum absolute atomic E-state index is 0.0536. The number of hydrogen-bond acceptors (Lipinski definition) is 6. The standard InChI is InChI=1S/C32H50N4O4/c1-30-12-9-24(36(17-15-33)29(38)35-23-4-3-16-34-19-23)18-22(30)6-7-27-26(30)10-13-31(2)25(11-14-32(27,31)39)21-5-8-28(37)40-20-21/h5,8,20,22-27,34,39H,3-4,6-7,9-19,33H2,1-2H3,(H,35,38)/t22-,23?,24+,25-,26+,27-,30+,31-,32+/m1/s1. The fraction of sp³-hybridized carbons (Fsp3) is 0.812. The van der Waals surface area contributed by atoms with Gasteiger partial charge >= 0.3 is 11.7 Å². The van der Waals surface area contributed by atoms with Crippen LogP contribution < -0.4 is 22.0 Å². The average Bonchev–Trinajstić information content (AvgIpc) is 3.23. The van der Waals surface area contributed by atoms with Crippen LogP contribution in [0.25, 0.3) is 0 Å². The molecule has 1 aliphatic heterocycles. The maximum Gasteiger partial charge on any atom is 0.335 e. The normalized spacial score (nSPS) is 42.8. The molecule has 6 rings (SSSR count). The minimum atomic E-state index is -0.693. The fourth-order valence-electron chi connectivity index (χ4n) is 10.4. The van der Waals surface area contributed by atoms with Crippen LogP contribution >= 0.6 is 0 Å². The summed E-state index contributed by atoms with van der Waals surface area (Å²) in [7, 11) is 0. The molecule has 8 nitrogen and oxygen atoms in total. The number of urea groups is 1. The van der Waals surface area contributed by atoms with Crippen molar-refractivity contribution in [3.05, 3.63) is 34.4 Å². The molecule has 0 spiro atoms. The second kappa shape index (κ2) is 10.7. The van der Waals surface area contributed by atoms with Gasteiger partial charge in [0, 0.05) is 43.2 Å². The third-order valence-electron chi connectivity index (χ3n) is 12.6. The van der Waals surface area contributed by atoms with E-state index in [0.29, 0.717) is 30.8 Å². The number of amides is 2. The summed E-state index contributed by atoms with van der Waals surface area (Å²) in [4.78, 5) is 27.1. The zero-order valence-corrected chi connectivity index (χ0v) is 24.5. The number of carbonyl (C=O) groups excluding carboxylic acids is 1. The van der Waals surface area contributed by atoms with Crippen LogP contribution in [0.15, 0.2) is 27.6 Å². The molecule has 0 bridgehead atoms. The maximum absolute atomic E-state index is 13.4. The first-order valence-electron chi connectivity index (χ1n) is 16.0. The van der Waals surface area contributed by atoms with E-state index in [4.69, 9.17) is 10.2 Å². The van der Waals surface area contributed by atoms with E-state index in [-0.39, 0.29) is 40.5 Å². The summed E-state index contributed by atoms with van der Waals surface area (Å²) in [5.41, 5.74) is 6.03. The molecular formula is C32H50N4O4. The SMILES string of the molecule is C[C@]12CC[C@H](N(CCN)C(=O)NC3CCCNC3)C[C@H]1CC[C@@H]1[C@@H]2CC[C@]2(C)[C@@H](c3ccc(=O)oc3)CC[C@]12O. The Kier molecular flexibility index (Phi) is 7.58. The number of aliphatic hydroxyl groups is 1. The first kappa shape index (κ1) is 28.2. The van der Waals surface area contributed by atoms with Crippen molar-refractivity contribution in [1.29, 1.82) is 0 Å². The van der Waals surface area contributed by atoms with Crippen molar-refractivity contribution in [3.63, 3.8) is 0 Å². The topological polar surface area (TPSA) is 121 Å². The zero-order chi connectivity index (χ0) is 28.1. The second-order valence-electron chi connectivity index (χ2n) is 14.3. The van der Waals surface area contributed by atoms with Crippen LogP contribution in [0.5, 0.6) is 0 Å². The highest BCUT2D eigenvalue weighted by Crippen LogP contribution is 2.70. The van der Waals surface area contributed by atoms with Crippen molar-refractivity contribution >= 4 is 6.03 Å². The van der Waals surface area contributed by atoms with E-state index in [1.807, 2.05) is 11.0 Å². The molecule has 1 aromatic heterocycles. The molecule has 1 saturated heterocycles. The molecule has 40 heavy (non-hydrogen) atoms. The number of piperidine rings is 1. The molecule has 5 aliphatic rings. The number of carbonyl (C=O) groups is 1. The van der Waals surface area contributed by atoms with E-state index in [0.717, 1.165) is 89.3 Å². The Bertz CT molecular complexity index is 1120. The number of rotatable bonds is 5. The van der Waals surface area contributed by atoms with Gasteiger partial charge in [-0.25, -0.2) is 9.59 Å². The van der Waals surface area contributed by atoms with Crippen molar-refractivity contribution in [1.82, 2.24) is 15.5 Å². The molecule has 4 saturated carbocycles. The van der Waals surface area contributed by atoms with Crippen molar-refractivity contribution in [2.75, 3.05) is 26.2 Å². The van der Waals surface area contributed by atoms with Crippen LogP contribution in [-0.4, -0.2) is 59.9 Å². The Balaban J connectivity index is 1.17. The lowest BCUT2D eigenvalue weighted by Crippen LogP contribution is -2.63. The maximum atomic E-state index is 13.4. The van der Waals surface area contributed by atoms with Crippen LogP contribution in [0.1, 0.15) is 96.0 Å². The molecule has 222 valence electrons. The minimum Gasteiger partial charge on any atom is -0.431 e. The molecule has 1 aromatic rings. The molecule has 5 N–H and O–H groups in total. The molecule has 8 heteroatoms. The fourth-order valence-corrected chi connectivity index (χ4v) is 10.4. The number of hydrogen-bond donors (Lipinski definition) is 4. The van der Waals surface area contributed by atoms with Gasteiger partial charge < -0.3 is 30.8 Å². The van der Waals surface area contributed by atoms with Crippen molar-refractivity contribution < 1.29 is 14.3 Å². The van der Waals surface area contributed by atoms with Gasteiger partial charge in [0.2, 0.25) is 0 Å². The van der Waals surface area contributed by atoms with Gasteiger partial charge in [0.1, 0.15) is 0 Å². The van der Waals surface area contributed by atoms with Crippen molar-refractivity contribution in [3.8, 4) is 0 Å². The van der Waals surface area contributed by atoms with E-state index in [2.05, 4.69) is 24.5 Å². The van der Waals surface area contributed by atoms with Gasteiger partial charge in [0.15, 0.2) is 0 Å². The highest BCUT2D eigenvalue weighted by atomic mass is 16.4. The largest absolute Gasteiger partial charge is 0.431 e. The zero-order valence-electron chi connectivity index (χ0n) is 24.5. The quantitative estimate of drug-likeness (QED) is 0.437. The van der Waals surface area contributed by atoms with Crippen LogP contribution in [-0.2, 0) is 0 Å². The lowest BCUT2D eigenvalue weighted by Gasteiger charge is -2.64. The molecule has 9 atom stereocenters. The predicted molar refractivity (Wildman–Crippen MR) is 155 cm³/mol. The number of nitrogens with two attached hydrogens (primary N) is 1. The van der Waals surface area contributed by atoms with Gasteiger partial charge in [-0.2, -0.15) is 0 Å². The lowest BCUT2D eigenvalue weighted by molar-refractivity contribution is -0.203. The monoisotopic (exact) mass is 554 g/mol. The molecule has 4 aliphatic carbocycles. The highest BCUT2D eigenvalue weighted by Gasteiger charge is 2.67. The molecular weight excluding hydrogens is 504 g/mol. The third-order valence-corrected chi connectivity index (χ3v) is 12.6. The summed E-state index contributed by atoms with van der Waals surface area (Å²) in [6.07, 6.45) is 13.0. The summed E-state index contributed by atoms with van der Waals surface area (Å²) >= 11 is 0. The van der Waals surface area contributed by atoms with E-state index in [1.165, 1.54) is 6.07 Å². The molecule has 2 amide bonds. The Morgan fingerprint density at radius 2 is 1.98 bits per heavy atom. The smallest absolute Gasteiger partial charge is 0.335 e. The summed E-state index contributed by atoms with van der Waals surface area (Å²) in [6, 6.07) is 3.91. The molecule has 0 aromatic carbocycles. The Labute approximate surface area is 238 Å². The number of nitrogens with one attached hydrogen (secondary N) is 2. The Morgan fingerprint density at radius 3 is 2.70 bits per heavy atom. The van der Waals surface area contributed by atoms with Gasteiger partial charge in [-0.05, 0) is 118 Å². The van der Waals surface area contributed by atoms with Gasteiger partial charge in [-0.15, -0.1) is 0 Å². The van der Waals surface area contributed by atoms with Crippen LogP contribution in [0.3, 0.4) is 0 Å². The van der Waals surface area contributed by atoms with Gasteiger partial charge in [-0.3, -0.25) is 0 Å². The second-order valence-corrected chi connectivity index (χ2v) is 14.3. The summed E-state index contributed by atoms with van der Waals surface area (Å²) in [5.74, 6) is 1.58. The van der Waals surface area contributed by atoms with Crippen LogP contribution in [0.2, 0.25) is 0 Å². The number of nitrogens with zero attached hydrogens (tertiary/aromatic N) is 1. The van der Waals surface area contributed by atoms with Crippen molar-refractivity contribution in [2.45, 2.75) is 108 Å². The molecule has 0 radical (unpaired) electrons. The summed E-state index contributed by atoms with van der Waals surface area (Å²) in [6.45, 7) is 7.75. The van der Waals surface area contributed by atoms with E-state index in [9.17, 15) is 14.7 Å². The molecule has 1 unspecified atom stereocenters. The van der Waals surface area contributed by atoms with E-state index in [1.54, 1.807) is 6.26 Å². The van der Waals surface area contributed by atoms with Gasteiger partial charge in [0.25, 0.3) is 0 Å². The van der Waals surface area contributed by atoms with Gasteiger partial charge in [-0.1, -0.05) is 13.8 Å². The van der Waals surface area contributed by atoms with Crippen LogP contribution in [0, 0.1) is 28.6 Å². The summed E-state index contributed by atoms with van der Waals surface area (Å²) < 4.78 is 5.25.